The second-order valence-electron chi connectivity index (χ2n) is 4.36. The summed E-state index contributed by atoms with van der Waals surface area (Å²) in [5, 5.41) is 13.0. The zero-order valence-corrected chi connectivity index (χ0v) is 12.5. The number of ether oxygens (including phenoxy) is 1. The summed E-state index contributed by atoms with van der Waals surface area (Å²) in [5.74, 6) is 0.715. The molecule has 0 aliphatic rings. The molecule has 0 aliphatic carbocycles. The maximum Gasteiger partial charge on any atom is 0.184 e. The minimum Gasteiger partial charge on any atom is -0.489 e. The van der Waals surface area contributed by atoms with Crippen LogP contribution in [0.1, 0.15) is 16.7 Å². The molecule has 6 heteroatoms. The molecule has 0 spiro atoms. The van der Waals surface area contributed by atoms with E-state index in [0.29, 0.717) is 17.9 Å². The van der Waals surface area contributed by atoms with Crippen molar-refractivity contribution in [2.24, 2.45) is 10.8 Å². The lowest BCUT2D eigenvalue weighted by Gasteiger charge is -2.07. The molecule has 3 N–H and O–H groups in total. The molecule has 0 aliphatic heterocycles. The van der Waals surface area contributed by atoms with Crippen LogP contribution in [-0.4, -0.2) is 11.3 Å². The van der Waals surface area contributed by atoms with Gasteiger partial charge in [-0.15, -0.1) is 0 Å². The Morgan fingerprint density at radius 1 is 1.27 bits per heavy atom. The van der Waals surface area contributed by atoms with Crippen molar-refractivity contribution in [3.05, 3.63) is 65.2 Å². The van der Waals surface area contributed by atoms with E-state index in [-0.39, 0.29) is 5.11 Å². The number of benzene rings is 2. The largest absolute Gasteiger partial charge is 0.489 e. The Bertz CT molecular complexity index is 720. The van der Waals surface area contributed by atoms with Gasteiger partial charge in [-0.25, -0.2) is 0 Å². The zero-order valence-electron chi connectivity index (χ0n) is 11.7. The SMILES string of the molecule is N#Cc1ccccc1COc1ccc(C=NNC(N)=S)cc1. The van der Waals surface area contributed by atoms with Crippen molar-refractivity contribution < 1.29 is 4.74 Å². The first kappa shape index (κ1) is 15.5. The average molecular weight is 310 g/mol. The second kappa shape index (κ2) is 7.76. The Labute approximate surface area is 134 Å². The van der Waals surface area contributed by atoms with Crippen LogP contribution >= 0.6 is 12.2 Å². The van der Waals surface area contributed by atoms with E-state index in [4.69, 9.17) is 15.7 Å². The summed E-state index contributed by atoms with van der Waals surface area (Å²) in [4.78, 5) is 0. The van der Waals surface area contributed by atoms with Crippen molar-refractivity contribution in [2.75, 3.05) is 0 Å². The van der Waals surface area contributed by atoms with Crippen LogP contribution in [-0.2, 0) is 6.61 Å². The normalized spacial score (nSPS) is 10.1. The van der Waals surface area contributed by atoms with Gasteiger partial charge in [0.15, 0.2) is 5.11 Å². The third-order valence-corrected chi connectivity index (χ3v) is 2.89. The van der Waals surface area contributed by atoms with Crippen molar-refractivity contribution in [3.63, 3.8) is 0 Å². The van der Waals surface area contributed by atoms with E-state index in [9.17, 15) is 0 Å². The molecule has 2 aromatic rings. The molecule has 0 unspecified atom stereocenters. The molecule has 22 heavy (non-hydrogen) atoms. The molecule has 0 saturated heterocycles. The molecule has 0 amide bonds. The fourth-order valence-corrected chi connectivity index (χ4v) is 1.79. The number of nitrogens with one attached hydrogen (secondary N) is 1. The summed E-state index contributed by atoms with van der Waals surface area (Å²) in [6.45, 7) is 0.347. The first-order valence-electron chi connectivity index (χ1n) is 6.48. The van der Waals surface area contributed by atoms with Gasteiger partial charge in [-0.2, -0.15) is 10.4 Å². The summed E-state index contributed by atoms with van der Waals surface area (Å²) in [7, 11) is 0. The molecule has 0 saturated carbocycles. The van der Waals surface area contributed by atoms with E-state index < -0.39 is 0 Å². The monoisotopic (exact) mass is 310 g/mol. The van der Waals surface area contributed by atoms with Crippen molar-refractivity contribution in [1.82, 2.24) is 5.43 Å². The van der Waals surface area contributed by atoms with Gasteiger partial charge < -0.3 is 10.5 Å². The van der Waals surface area contributed by atoms with Crippen molar-refractivity contribution in [1.29, 1.82) is 5.26 Å². The lowest BCUT2D eigenvalue weighted by atomic mass is 10.1. The van der Waals surface area contributed by atoms with Gasteiger partial charge in [-0.1, -0.05) is 18.2 Å². The molecular weight excluding hydrogens is 296 g/mol. The highest BCUT2D eigenvalue weighted by molar-refractivity contribution is 7.80. The minimum absolute atomic E-state index is 0.118. The highest BCUT2D eigenvalue weighted by Gasteiger charge is 2.01. The maximum atomic E-state index is 9.03. The molecule has 110 valence electrons. The highest BCUT2D eigenvalue weighted by Crippen LogP contribution is 2.15. The van der Waals surface area contributed by atoms with E-state index in [1.807, 2.05) is 42.5 Å². The Morgan fingerprint density at radius 2 is 2.00 bits per heavy atom. The lowest BCUT2D eigenvalue weighted by Crippen LogP contribution is -2.23. The number of hydrogen-bond acceptors (Lipinski definition) is 4. The number of hydrogen-bond donors (Lipinski definition) is 2. The Balaban J connectivity index is 1.96. The fourth-order valence-electron chi connectivity index (χ4n) is 1.74. The third-order valence-electron chi connectivity index (χ3n) is 2.80. The summed E-state index contributed by atoms with van der Waals surface area (Å²) in [5.41, 5.74) is 10.1. The second-order valence-corrected chi connectivity index (χ2v) is 4.80. The molecule has 0 radical (unpaired) electrons. The van der Waals surface area contributed by atoms with E-state index in [0.717, 1.165) is 11.1 Å². The van der Waals surface area contributed by atoms with E-state index in [1.165, 1.54) is 0 Å². The number of nitriles is 1. The Kier molecular flexibility index (Phi) is 5.46. The van der Waals surface area contributed by atoms with Crippen LogP contribution in [0, 0.1) is 11.3 Å². The lowest BCUT2D eigenvalue weighted by molar-refractivity contribution is 0.306. The molecule has 0 fully saturated rings. The first-order valence-corrected chi connectivity index (χ1v) is 6.89. The summed E-state index contributed by atoms with van der Waals surface area (Å²) in [6, 6.07) is 16.9. The summed E-state index contributed by atoms with van der Waals surface area (Å²) in [6.07, 6.45) is 1.61. The summed E-state index contributed by atoms with van der Waals surface area (Å²) >= 11 is 4.64. The van der Waals surface area contributed by atoms with Crippen molar-refractivity contribution in [3.8, 4) is 11.8 Å². The Hall–Kier alpha value is -2.91. The van der Waals surface area contributed by atoms with Crippen LogP contribution in [0.3, 0.4) is 0 Å². The van der Waals surface area contributed by atoms with Gasteiger partial charge in [0.2, 0.25) is 0 Å². The van der Waals surface area contributed by atoms with Gasteiger partial charge in [0.05, 0.1) is 17.8 Å². The molecule has 5 nitrogen and oxygen atoms in total. The standard InChI is InChI=1S/C16H14N4OS/c17-9-13-3-1-2-4-14(13)11-21-15-7-5-12(6-8-15)10-19-20-16(18)22/h1-8,10H,11H2,(H3,18,20,22). The smallest absolute Gasteiger partial charge is 0.184 e. The Morgan fingerprint density at radius 3 is 2.68 bits per heavy atom. The minimum atomic E-state index is 0.118. The predicted octanol–water partition coefficient (Wildman–Crippen LogP) is 2.30. The maximum absolute atomic E-state index is 9.03. The van der Waals surface area contributed by atoms with Crippen LogP contribution in [0.2, 0.25) is 0 Å². The van der Waals surface area contributed by atoms with E-state index >= 15 is 0 Å². The first-order chi connectivity index (χ1) is 10.7. The zero-order chi connectivity index (χ0) is 15.8. The van der Waals surface area contributed by atoms with E-state index in [1.54, 1.807) is 12.3 Å². The molecular formula is C16H14N4OS. The number of nitrogens with zero attached hydrogens (tertiary/aromatic N) is 2. The molecule has 0 heterocycles. The molecule has 2 aromatic carbocycles. The summed E-state index contributed by atoms with van der Waals surface area (Å²) < 4.78 is 5.68. The average Bonchev–Trinajstić information content (AvgIpc) is 2.54. The van der Waals surface area contributed by atoms with Crippen molar-refractivity contribution in [2.45, 2.75) is 6.61 Å². The number of rotatable bonds is 5. The van der Waals surface area contributed by atoms with Crippen LogP contribution in [0.15, 0.2) is 53.6 Å². The van der Waals surface area contributed by atoms with Crippen LogP contribution in [0.4, 0.5) is 0 Å². The third kappa shape index (κ3) is 4.58. The predicted molar refractivity (Wildman–Crippen MR) is 89.4 cm³/mol. The number of nitrogens with two attached hydrogens (primary N) is 1. The fraction of sp³-hybridized carbons (Fsp3) is 0.0625. The van der Waals surface area contributed by atoms with E-state index in [2.05, 4.69) is 28.8 Å². The van der Waals surface area contributed by atoms with Gasteiger partial charge in [0.1, 0.15) is 12.4 Å². The van der Waals surface area contributed by atoms with Gasteiger partial charge in [-0.3, -0.25) is 5.43 Å². The van der Waals surface area contributed by atoms with Crippen LogP contribution in [0.5, 0.6) is 5.75 Å². The van der Waals surface area contributed by atoms with Gasteiger partial charge in [0.25, 0.3) is 0 Å². The molecule has 2 rings (SSSR count). The number of hydrazone groups is 1. The van der Waals surface area contributed by atoms with Crippen LogP contribution in [0.25, 0.3) is 0 Å². The van der Waals surface area contributed by atoms with Crippen molar-refractivity contribution >= 4 is 23.5 Å². The molecule has 0 atom stereocenters. The highest BCUT2D eigenvalue weighted by atomic mass is 32.1. The quantitative estimate of drug-likeness (QED) is 0.503. The van der Waals surface area contributed by atoms with Gasteiger partial charge in [0, 0.05) is 5.56 Å². The molecule has 0 aromatic heterocycles. The van der Waals surface area contributed by atoms with Gasteiger partial charge in [-0.05, 0) is 48.1 Å². The molecule has 0 bridgehead atoms. The van der Waals surface area contributed by atoms with Crippen LogP contribution < -0.4 is 15.9 Å². The number of thiocarbonyl (C=S) groups is 1. The van der Waals surface area contributed by atoms with Gasteiger partial charge >= 0.3 is 0 Å². The topological polar surface area (TPSA) is 83.4 Å².